The molecule has 3 aliphatic rings. The molecule has 27 heavy (non-hydrogen) atoms. The third kappa shape index (κ3) is 6.68. The molecule has 1 saturated heterocycles. The third-order valence-electron chi connectivity index (χ3n) is 6.02. The van der Waals surface area contributed by atoms with E-state index in [0.29, 0.717) is 4.75 Å². The number of carbonyl (C=O) groups excluding carboxylic acids is 1. The molecule has 2 aliphatic carbocycles. The summed E-state index contributed by atoms with van der Waals surface area (Å²) in [6.45, 7) is 6.82. The van der Waals surface area contributed by atoms with Crippen molar-refractivity contribution < 1.29 is 4.79 Å². The largest absolute Gasteiger partial charge is 0.357 e. The van der Waals surface area contributed by atoms with E-state index in [-0.39, 0.29) is 35.8 Å². The van der Waals surface area contributed by atoms with Gasteiger partial charge in [0.15, 0.2) is 5.96 Å². The Morgan fingerprint density at radius 3 is 2.63 bits per heavy atom. The summed E-state index contributed by atoms with van der Waals surface area (Å²) in [5, 5.41) is 6.56. The van der Waals surface area contributed by atoms with Crippen LogP contribution in [0.3, 0.4) is 0 Å². The van der Waals surface area contributed by atoms with Crippen LogP contribution in [0.15, 0.2) is 4.99 Å². The number of aliphatic imine (C=N–C) groups is 1. The first-order valence-corrected chi connectivity index (χ1v) is 11.7. The second-order valence-corrected chi connectivity index (χ2v) is 9.58. The van der Waals surface area contributed by atoms with Crippen molar-refractivity contribution in [1.29, 1.82) is 0 Å². The first kappa shape index (κ1) is 23.1. The Hall–Kier alpha value is -0.180. The first-order chi connectivity index (χ1) is 12.7. The highest BCUT2D eigenvalue weighted by Crippen LogP contribution is 2.42. The number of guanidine groups is 1. The number of rotatable bonds is 6. The van der Waals surface area contributed by atoms with Crippen LogP contribution in [-0.2, 0) is 4.79 Å². The average Bonchev–Trinajstić information content (AvgIpc) is 2.60. The van der Waals surface area contributed by atoms with Crippen LogP contribution in [0.1, 0.15) is 64.7 Å². The molecule has 3 fully saturated rings. The molecule has 2 N–H and O–H groups in total. The number of hydrogen-bond donors (Lipinski definition) is 2. The molecule has 1 aliphatic heterocycles. The molecular weight excluding hydrogens is 471 g/mol. The van der Waals surface area contributed by atoms with Crippen LogP contribution in [-0.4, -0.2) is 60.0 Å². The molecule has 0 radical (unpaired) electrons. The molecular formula is C20H37IN4OS. The summed E-state index contributed by atoms with van der Waals surface area (Å²) in [5.41, 5.74) is 0. The maximum Gasteiger partial charge on any atom is 0.223 e. The monoisotopic (exact) mass is 508 g/mol. The zero-order valence-electron chi connectivity index (χ0n) is 16.8. The predicted octanol–water partition coefficient (Wildman–Crippen LogP) is 3.63. The maximum atomic E-state index is 11.9. The molecule has 5 nitrogen and oxygen atoms in total. The average molecular weight is 509 g/mol. The van der Waals surface area contributed by atoms with Gasteiger partial charge in [-0.3, -0.25) is 9.79 Å². The second-order valence-electron chi connectivity index (χ2n) is 8.02. The van der Waals surface area contributed by atoms with Crippen molar-refractivity contribution in [1.82, 2.24) is 15.5 Å². The Morgan fingerprint density at radius 2 is 1.96 bits per heavy atom. The Morgan fingerprint density at radius 1 is 1.19 bits per heavy atom. The van der Waals surface area contributed by atoms with Gasteiger partial charge in [0.2, 0.25) is 5.91 Å². The normalized spacial score (nSPS) is 22.7. The van der Waals surface area contributed by atoms with Gasteiger partial charge in [-0.25, -0.2) is 0 Å². The standard InChI is InChI=1S/C20H36N4OS.HI/c1-2-21-19(23-13-7-12-22-18(25)17-8-6-9-17)24-14-15-26-20(16-24)10-4-3-5-11-20;/h17H,2-16H2,1H3,(H,21,23)(H,22,25);1H. The minimum Gasteiger partial charge on any atom is -0.357 e. The Bertz CT molecular complexity index is 487. The van der Waals surface area contributed by atoms with E-state index in [1.165, 1.54) is 44.3 Å². The number of hydrogen-bond acceptors (Lipinski definition) is 3. The zero-order valence-corrected chi connectivity index (χ0v) is 19.9. The smallest absolute Gasteiger partial charge is 0.223 e. The first-order valence-electron chi connectivity index (χ1n) is 10.7. The van der Waals surface area contributed by atoms with E-state index in [4.69, 9.17) is 4.99 Å². The fraction of sp³-hybridized carbons (Fsp3) is 0.900. The number of amides is 1. The molecule has 156 valence electrons. The fourth-order valence-corrected chi connectivity index (χ4v) is 5.81. The molecule has 0 bridgehead atoms. The van der Waals surface area contributed by atoms with E-state index < -0.39 is 0 Å². The second kappa shape index (κ2) is 11.7. The molecule has 1 spiro atoms. The molecule has 0 aromatic rings. The summed E-state index contributed by atoms with van der Waals surface area (Å²) in [6, 6.07) is 0. The SMILES string of the molecule is CCNC(=NCCCNC(=O)C1CCC1)N1CCSC2(CCCCC2)C1.I. The van der Waals surface area contributed by atoms with Crippen LogP contribution >= 0.6 is 35.7 Å². The van der Waals surface area contributed by atoms with Crippen molar-refractivity contribution in [2.24, 2.45) is 10.9 Å². The molecule has 1 amide bonds. The lowest BCUT2D eigenvalue weighted by molar-refractivity contribution is -0.127. The van der Waals surface area contributed by atoms with Crippen LogP contribution in [0.5, 0.6) is 0 Å². The number of carbonyl (C=O) groups is 1. The van der Waals surface area contributed by atoms with Gasteiger partial charge in [0.05, 0.1) is 0 Å². The van der Waals surface area contributed by atoms with Gasteiger partial charge >= 0.3 is 0 Å². The molecule has 3 rings (SSSR count). The summed E-state index contributed by atoms with van der Waals surface area (Å²) >= 11 is 2.20. The van der Waals surface area contributed by atoms with Gasteiger partial charge in [0, 0.05) is 49.1 Å². The van der Waals surface area contributed by atoms with E-state index >= 15 is 0 Å². The van der Waals surface area contributed by atoms with Gasteiger partial charge < -0.3 is 15.5 Å². The van der Waals surface area contributed by atoms with E-state index in [0.717, 1.165) is 57.9 Å². The number of nitrogens with one attached hydrogen (secondary N) is 2. The molecule has 1 heterocycles. The van der Waals surface area contributed by atoms with E-state index in [9.17, 15) is 4.79 Å². The summed E-state index contributed by atoms with van der Waals surface area (Å²) in [5.74, 6) is 2.82. The highest BCUT2D eigenvalue weighted by molar-refractivity contribution is 14.0. The van der Waals surface area contributed by atoms with Crippen LogP contribution in [0.4, 0.5) is 0 Å². The van der Waals surface area contributed by atoms with Crippen molar-refractivity contribution in [3.63, 3.8) is 0 Å². The third-order valence-corrected chi connectivity index (χ3v) is 7.56. The van der Waals surface area contributed by atoms with Gasteiger partial charge in [-0.1, -0.05) is 25.7 Å². The van der Waals surface area contributed by atoms with E-state index in [1.54, 1.807) is 0 Å². The summed E-state index contributed by atoms with van der Waals surface area (Å²) in [7, 11) is 0. The van der Waals surface area contributed by atoms with Crippen LogP contribution < -0.4 is 10.6 Å². The molecule has 0 atom stereocenters. The minimum absolute atomic E-state index is 0. The van der Waals surface area contributed by atoms with Gasteiger partial charge in [0.1, 0.15) is 0 Å². The number of halogens is 1. The highest BCUT2D eigenvalue weighted by atomic mass is 127. The molecule has 0 aromatic heterocycles. The van der Waals surface area contributed by atoms with Gasteiger partial charge in [-0.15, -0.1) is 24.0 Å². The van der Waals surface area contributed by atoms with Crippen molar-refractivity contribution >= 4 is 47.6 Å². The minimum atomic E-state index is 0. The van der Waals surface area contributed by atoms with Crippen molar-refractivity contribution in [2.75, 3.05) is 38.5 Å². The van der Waals surface area contributed by atoms with Crippen LogP contribution in [0.25, 0.3) is 0 Å². The van der Waals surface area contributed by atoms with E-state index in [2.05, 4.69) is 34.2 Å². The van der Waals surface area contributed by atoms with Gasteiger partial charge in [-0.05, 0) is 39.0 Å². The predicted molar refractivity (Wildman–Crippen MR) is 126 cm³/mol. The van der Waals surface area contributed by atoms with Crippen molar-refractivity contribution in [3.05, 3.63) is 0 Å². The lowest BCUT2D eigenvalue weighted by Crippen LogP contribution is -2.53. The van der Waals surface area contributed by atoms with Crippen LogP contribution in [0.2, 0.25) is 0 Å². The summed E-state index contributed by atoms with van der Waals surface area (Å²) < 4.78 is 0.462. The topological polar surface area (TPSA) is 56.7 Å². The quantitative estimate of drug-likeness (QED) is 0.249. The van der Waals surface area contributed by atoms with Crippen molar-refractivity contribution in [2.45, 2.75) is 69.5 Å². The number of thioether (sulfide) groups is 1. The van der Waals surface area contributed by atoms with Gasteiger partial charge in [-0.2, -0.15) is 11.8 Å². The highest BCUT2D eigenvalue weighted by Gasteiger charge is 2.38. The fourth-order valence-electron chi connectivity index (χ4n) is 4.24. The molecule has 0 aromatic carbocycles. The van der Waals surface area contributed by atoms with Gasteiger partial charge in [0.25, 0.3) is 0 Å². The molecule has 0 unspecified atom stereocenters. The lowest BCUT2D eigenvalue weighted by Gasteiger charge is -2.45. The summed E-state index contributed by atoms with van der Waals surface area (Å²) in [6.07, 6.45) is 11.2. The van der Waals surface area contributed by atoms with Crippen LogP contribution in [0, 0.1) is 5.92 Å². The lowest BCUT2D eigenvalue weighted by atomic mass is 9.85. The Labute approximate surface area is 186 Å². The Kier molecular flexibility index (Phi) is 10.0. The van der Waals surface area contributed by atoms with Crippen molar-refractivity contribution in [3.8, 4) is 0 Å². The Balaban J connectivity index is 0.00000261. The molecule has 7 heteroatoms. The maximum absolute atomic E-state index is 11.9. The summed E-state index contributed by atoms with van der Waals surface area (Å²) in [4.78, 5) is 19.2. The molecule has 2 saturated carbocycles. The zero-order chi connectivity index (χ0) is 18.2. The number of nitrogens with zero attached hydrogens (tertiary/aromatic N) is 2. The van der Waals surface area contributed by atoms with E-state index in [1.807, 2.05) is 0 Å².